The molecule has 3 nitrogen and oxygen atoms in total. The summed E-state index contributed by atoms with van der Waals surface area (Å²) in [5.74, 6) is 0.518. The average Bonchev–Trinajstić information content (AvgIpc) is 2.16. The van der Waals surface area contributed by atoms with Gasteiger partial charge in [0, 0.05) is 32.4 Å². The van der Waals surface area contributed by atoms with E-state index in [0.29, 0.717) is 5.92 Å². The summed E-state index contributed by atoms with van der Waals surface area (Å²) in [5, 5.41) is 12.4. The van der Waals surface area contributed by atoms with Crippen LogP contribution in [0.25, 0.3) is 0 Å². The van der Waals surface area contributed by atoms with Gasteiger partial charge in [0.15, 0.2) is 0 Å². The third-order valence-electron chi connectivity index (χ3n) is 2.77. The standard InChI is InChI=1S/C11H25NO2/c1-5-11(3,6-7-13)12-8-10(2)9-14-4/h10,12-13H,5-9H2,1-4H3. The van der Waals surface area contributed by atoms with Crippen molar-refractivity contribution in [2.75, 3.05) is 26.9 Å². The molecule has 0 spiro atoms. The van der Waals surface area contributed by atoms with E-state index < -0.39 is 0 Å². The topological polar surface area (TPSA) is 41.5 Å². The number of hydrogen-bond donors (Lipinski definition) is 2. The summed E-state index contributed by atoms with van der Waals surface area (Å²) < 4.78 is 5.07. The molecule has 0 amide bonds. The van der Waals surface area contributed by atoms with Crippen molar-refractivity contribution in [3.63, 3.8) is 0 Å². The van der Waals surface area contributed by atoms with Crippen LogP contribution in [0.5, 0.6) is 0 Å². The Labute approximate surface area is 87.8 Å². The zero-order valence-electron chi connectivity index (χ0n) is 9.97. The zero-order valence-corrected chi connectivity index (χ0v) is 9.97. The molecule has 0 fully saturated rings. The number of methoxy groups -OCH3 is 1. The zero-order chi connectivity index (χ0) is 11.0. The van der Waals surface area contributed by atoms with Crippen LogP contribution >= 0.6 is 0 Å². The predicted octanol–water partition coefficient (Wildman–Crippen LogP) is 1.41. The largest absolute Gasteiger partial charge is 0.396 e. The van der Waals surface area contributed by atoms with Gasteiger partial charge in [0.05, 0.1) is 0 Å². The van der Waals surface area contributed by atoms with E-state index in [9.17, 15) is 0 Å². The first-order chi connectivity index (χ1) is 6.58. The molecule has 2 N–H and O–H groups in total. The molecule has 14 heavy (non-hydrogen) atoms. The number of nitrogens with one attached hydrogen (secondary N) is 1. The molecule has 0 aliphatic rings. The van der Waals surface area contributed by atoms with E-state index in [1.165, 1.54) is 0 Å². The number of ether oxygens (including phenoxy) is 1. The summed E-state index contributed by atoms with van der Waals surface area (Å²) in [6.45, 7) is 8.43. The quantitative estimate of drug-likeness (QED) is 0.627. The molecule has 2 unspecified atom stereocenters. The lowest BCUT2D eigenvalue weighted by molar-refractivity contribution is 0.147. The molecule has 0 aromatic carbocycles. The van der Waals surface area contributed by atoms with E-state index in [-0.39, 0.29) is 12.1 Å². The molecule has 0 rings (SSSR count). The molecule has 86 valence electrons. The summed E-state index contributed by atoms with van der Waals surface area (Å²) in [4.78, 5) is 0. The predicted molar refractivity (Wildman–Crippen MR) is 59.4 cm³/mol. The van der Waals surface area contributed by atoms with Gasteiger partial charge in [0.1, 0.15) is 0 Å². The van der Waals surface area contributed by atoms with Crippen LogP contribution in [0, 0.1) is 5.92 Å². The summed E-state index contributed by atoms with van der Waals surface area (Å²) >= 11 is 0. The summed E-state index contributed by atoms with van der Waals surface area (Å²) in [6, 6.07) is 0. The highest BCUT2D eigenvalue weighted by atomic mass is 16.5. The third-order valence-corrected chi connectivity index (χ3v) is 2.77. The maximum atomic E-state index is 8.94. The minimum absolute atomic E-state index is 0.0662. The highest BCUT2D eigenvalue weighted by Crippen LogP contribution is 2.14. The highest BCUT2D eigenvalue weighted by Gasteiger charge is 2.20. The van der Waals surface area contributed by atoms with E-state index >= 15 is 0 Å². The second-order valence-corrected chi connectivity index (χ2v) is 4.33. The van der Waals surface area contributed by atoms with E-state index in [4.69, 9.17) is 9.84 Å². The van der Waals surface area contributed by atoms with Crippen LogP contribution in [0.2, 0.25) is 0 Å². The van der Waals surface area contributed by atoms with Crippen molar-refractivity contribution in [1.29, 1.82) is 0 Å². The van der Waals surface area contributed by atoms with Gasteiger partial charge in [-0.3, -0.25) is 0 Å². The van der Waals surface area contributed by atoms with E-state index in [0.717, 1.165) is 26.0 Å². The van der Waals surface area contributed by atoms with Crippen LogP contribution in [0.4, 0.5) is 0 Å². The first-order valence-electron chi connectivity index (χ1n) is 5.42. The van der Waals surface area contributed by atoms with E-state index in [2.05, 4.69) is 26.1 Å². The Kier molecular flexibility index (Phi) is 7.15. The molecule has 0 aromatic rings. The van der Waals surface area contributed by atoms with Crippen molar-refractivity contribution < 1.29 is 9.84 Å². The van der Waals surface area contributed by atoms with Gasteiger partial charge in [-0.05, 0) is 25.7 Å². The Bertz CT molecular complexity index is 141. The smallest absolute Gasteiger partial charge is 0.0499 e. The molecule has 0 saturated carbocycles. The molecular formula is C11H25NO2. The summed E-state index contributed by atoms with van der Waals surface area (Å²) in [7, 11) is 1.73. The van der Waals surface area contributed by atoms with Crippen molar-refractivity contribution in [2.45, 2.75) is 39.2 Å². The Morgan fingerprint density at radius 2 is 2.14 bits per heavy atom. The van der Waals surface area contributed by atoms with Gasteiger partial charge >= 0.3 is 0 Å². The number of hydrogen-bond acceptors (Lipinski definition) is 3. The van der Waals surface area contributed by atoms with Gasteiger partial charge < -0.3 is 15.2 Å². The summed E-state index contributed by atoms with van der Waals surface area (Å²) in [6.07, 6.45) is 1.84. The second kappa shape index (κ2) is 7.21. The molecule has 0 radical (unpaired) electrons. The Balaban J connectivity index is 3.81. The summed E-state index contributed by atoms with van der Waals surface area (Å²) in [5.41, 5.74) is 0.0662. The highest BCUT2D eigenvalue weighted by molar-refractivity contribution is 4.81. The van der Waals surface area contributed by atoms with Crippen molar-refractivity contribution in [3.8, 4) is 0 Å². The normalized spacial score (nSPS) is 17.8. The molecular weight excluding hydrogens is 178 g/mol. The average molecular weight is 203 g/mol. The molecule has 0 aliphatic heterocycles. The van der Waals surface area contributed by atoms with Crippen molar-refractivity contribution in [3.05, 3.63) is 0 Å². The van der Waals surface area contributed by atoms with Crippen LogP contribution in [0.15, 0.2) is 0 Å². The molecule has 0 aromatic heterocycles. The number of aliphatic hydroxyl groups is 1. The monoisotopic (exact) mass is 203 g/mol. The first kappa shape index (κ1) is 13.9. The molecule has 0 heterocycles. The third kappa shape index (κ3) is 5.58. The fourth-order valence-corrected chi connectivity index (χ4v) is 1.40. The van der Waals surface area contributed by atoms with Crippen molar-refractivity contribution in [1.82, 2.24) is 5.32 Å². The van der Waals surface area contributed by atoms with Gasteiger partial charge in [0.2, 0.25) is 0 Å². The van der Waals surface area contributed by atoms with Crippen molar-refractivity contribution in [2.24, 2.45) is 5.92 Å². The Morgan fingerprint density at radius 1 is 1.50 bits per heavy atom. The van der Waals surface area contributed by atoms with E-state index in [1.54, 1.807) is 7.11 Å². The van der Waals surface area contributed by atoms with Crippen LogP contribution in [-0.2, 0) is 4.74 Å². The molecule has 0 bridgehead atoms. The number of aliphatic hydroxyl groups excluding tert-OH is 1. The SMILES string of the molecule is CCC(C)(CCO)NCC(C)COC. The fraction of sp³-hybridized carbons (Fsp3) is 1.00. The number of rotatable bonds is 8. The molecule has 0 aliphatic carbocycles. The van der Waals surface area contributed by atoms with Crippen LogP contribution < -0.4 is 5.32 Å². The maximum Gasteiger partial charge on any atom is 0.0499 e. The lowest BCUT2D eigenvalue weighted by Crippen LogP contribution is -2.45. The fourth-order valence-electron chi connectivity index (χ4n) is 1.40. The minimum Gasteiger partial charge on any atom is -0.396 e. The van der Waals surface area contributed by atoms with Crippen LogP contribution in [-0.4, -0.2) is 37.5 Å². The first-order valence-corrected chi connectivity index (χ1v) is 5.42. The molecule has 0 saturated heterocycles. The minimum atomic E-state index is 0.0662. The Hall–Kier alpha value is -0.120. The van der Waals surface area contributed by atoms with Gasteiger partial charge in [-0.2, -0.15) is 0 Å². The Morgan fingerprint density at radius 3 is 2.57 bits per heavy atom. The van der Waals surface area contributed by atoms with Crippen LogP contribution in [0.1, 0.15) is 33.6 Å². The van der Waals surface area contributed by atoms with Gasteiger partial charge in [-0.25, -0.2) is 0 Å². The van der Waals surface area contributed by atoms with Gasteiger partial charge in [-0.1, -0.05) is 13.8 Å². The molecule has 3 heteroatoms. The van der Waals surface area contributed by atoms with Crippen molar-refractivity contribution >= 4 is 0 Å². The van der Waals surface area contributed by atoms with Gasteiger partial charge in [-0.15, -0.1) is 0 Å². The van der Waals surface area contributed by atoms with Gasteiger partial charge in [0.25, 0.3) is 0 Å². The molecule has 2 atom stereocenters. The van der Waals surface area contributed by atoms with E-state index in [1.807, 2.05) is 0 Å². The lowest BCUT2D eigenvalue weighted by Gasteiger charge is -2.30. The lowest BCUT2D eigenvalue weighted by atomic mass is 9.94. The van der Waals surface area contributed by atoms with Crippen LogP contribution in [0.3, 0.4) is 0 Å². The maximum absolute atomic E-state index is 8.94. The second-order valence-electron chi connectivity index (χ2n) is 4.33.